The van der Waals surface area contributed by atoms with Crippen LogP contribution in [0.4, 0.5) is 5.69 Å². The molecule has 0 saturated carbocycles. The minimum Gasteiger partial charge on any atom is -0.456 e. The summed E-state index contributed by atoms with van der Waals surface area (Å²) in [4.78, 5) is 0. The van der Waals surface area contributed by atoms with Crippen LogP contribution in [-0.4, -0.2) is 0 Å². The van der Waals surface area contributed by atoms with E-state index in [1.165, 1.54) is 5.56 Å². The third-order valence-electron chi connectivity index (χ3n) is 4.63. The number of rotatable bonds is 4. The lowest BCUT2D eigenvalue weighted by atomic mass is 10.1. The summed E-state index contributed by atoms with van der Waals surface area (Å²) < 4.78 is 20.0. The Kier molecular flexibility index (Phi) is 4.93. The van der Waals surface area contributed by atoms with Crippen molar-refractivity contribution in [3.8, 4) is 0 Å². The molecule has 0 atom stereocenters. The number of nitrogens with one attached hydrogen (secondary N) is 1. The minimum atomic E-state index is -3.02. The Morgan fingerprint density at radius 1 is 0.750 bits per heavy atom. The number of ether oxygens (including phenoxy) is 1. The van der Waals surface area contributed by atoms with Crippen LogP contribution in [0.2, 0.25) is 0 Å². The van der Waals surface area contributed by atoms with Gasteiger partial charge < -0.3 is 9.82 Å². The molecule has 4 heteroatoms. The topological polar surface area (TPSA) is 38.3 Å². The molecular weight excluding hydrogens is 365 g/mol. The fourth-order valence-electron chi connectivity index (χ4n) is 3.22. The van der Waals surface area contributed by atoms with Gasteiger partial charge in [0, 0.05) is 28.4 Å². The molecule has 0 saturated heterocycles. The van der Waals surface area contributed by atoms with Crippen molar-refractivity contribution in [1.29, 1.82) is 0 Å². The van der Waals surface area contributed by atoms with E-state index in [1.54, 1.807) is 11.6 Å². The van der Waals surface area contributed by atoms with Gasteiger partial charge in [-0.1, -0.05) is 78.4 Å². The van der Waals surface area contributed by atoms with Gasteiger partial charge in [-0.05, 0) is 25.5 Å². The number of anilines is 1. The monoisotopic (exact) mass is 387 g/mol. The molecule has 1 aliphatic rings. The summed E-state index contributed by atoms with van der Waals surface area (Å²) in [6.07, 6.45) is 0. The van der Waals surface area contributed by atoms with Crippen LogP contribution >= 0.6 is 7.29 Å². The largest absolute Gasteiger partial charge is 0.456 e. The first-order chi connectivity index (χ1) is 13.5. The molecule has 3 aromatic rings. The summed E-state index contributed by atoms with van der Waals surface area (Å²) in [5, 5.41) is 3.28. The summed E-state index contributed by atoms with van der Waals surface area (Å²) >= 11 is 0. The highest BCUT2D eigenvalue weighted by atomic mass is 31.2. The first-order valence-corrected chi connectivity index (χ1v) is 11.1. The highest BCUT2D eigenvalue weighted by Gasteiger charge is 2.27. The molecule has 3 aromatic carbocycles. The molecule has 0 fully saturated rings. The maximum Gasteiger partial charge on any atom is 0.220 e. The second-order valence-electron chi connectivity index (χ2n) is 6.96. The molecule has 0 aliphatic carbocycles. The summed E-state index contributed by atoms with van der Waals surface area (Å²) in [5.41, 5.74) is 4.89. The summed E-state index contributed by atoms with van der Waals surface area (Å²) in [6, 6.07) is 25.6. The van der Waals surface area contributed by atoms with Gasteiger partial charge in [-0.25, -0.2) is 0 Å². The Hall–Kier alpha value is -3.03. The van der Waals surface area contributed by atoms with Gasteiger partial charge in [0.25, 0.3) is 0 Å². The van der Waals surface area contributed by atoms with Crippen molar-refractivity contribution in [2.24, 2.45) is 0 Å². The van der Waals surface area contributed by atoms with Gasteiger partial charge in [-0.2, -0.15) is 0 Å². The molecule has 0 radical (unpaired) electrons. The highest BCUT2D eigenvalue weighted by molar-refractivity contribution is 7.72. The third-order valence-corrected chi connectivity index (χ3v) is 6.46. The second kappa shape index (κ2) is 7.53. The standard InChI is InChI=1S/C24H22NO2P/c1-18-13-14-22(19(2)15-18)25-28(26)16-23(20-9-5-3-6-10-20)27-24(17-28)21-11-7-4-8-12-21/h3-17H,1-2H3,(H,25,26). The summed E-state index contributed by atoms with van der Waals surface area (Å²) in [5.74, 6) is 4.63. The minimum absolute atomic E-state index is 0.600. The van der Waals surface area contributed by atoms with Crippen LogP contribution in [0, 0.1) is 13.8 Å². The third kappa shape index (κ3) is 3.95. The van der Waals surface area contributed by atoms with Gasteiger partial charge in [0.15, 0.2) is 0 Å². The van der Waals surface area contributed by atoms with Crippen molar-refractivity contribution < 1.29 is 9.30 Å². The van der Waals surface area contributed by atoms with Crippen molar-refractivity contribution in [2.45, 2.75) is 13.8 Å². The van der Waals surface area contributed by atoms with Crippen LogP contribution in [-0.2, 0) is 9.30 Å². The van der Waals surface area contributed by atoms with E-state index in [0.717, 1.165) is 22.4 Å². The van der Waals surface area contributed by atoms with Gasteiger partial charge in [0.05, 0.1) is 0 Å². The van der Waals surface area contributed by atoms with Crippen LogP contribution in [0.15, 0.2) is 90.5 Å². The average molecular weight is 387 g/mol. The van der Waals surface area contributed by atoms with Crippen molar-refractivity contribution in [1.82, 2.24) is 0 Å². The lowest BCUT2D eigenvalue weighted by molar-refractivity contribution is 0.469. The Labute approximate surface area is 165 Å². The predicted molar refractivity (Wildman–Crippen MR) is 117 cm³/mol. The summed E-state index contributed by atoms with van der Waals surface area (Å²) in [7, 11) is -3.02. The Balaban J connectivity index is 1.79. The number of benzene rings is 3. The zero-order valence-corrected chi connectivity index (χ0v) is 16.8. The fourth-order valence-corrected chi connectivity index (χ4v) is 5.15. The van der Waals surface area contributed by atoms with E-state index in [2.05, 4.69) is 11.2 Å². The van der Waals surface area contributed by atoms with E-state index < -0.39 is 7.29 Å². The molecule has 140 valence electrons. The second-order valence-corrected chi connectivity index (χ2v) is 9.12. The molecule has 3 nitrogen and oxygen atoms in total. The molecule has 4 rings (SSSR count). The molecule has 1 heterocycles. The van der Waals surface area contributed by atoms with Crippen LogP contribution in [0.5, 0.6) is 0 Å². The first kappa shape index (κ1) is 18.3. The molecule has 1 aliphatic heterocycles. The molecule has 0 bridgehead atoms. The number of hydrogen-bond donors (Lipinski definition) is 1. The zero-order valence-electron chi connectivity index (χ0n) is 15.9. The van der Waals surface area contributed by atoms with E-state index in [1.807, 2.05) is 86.6 Å². The molecule has 0 amide bonds. The fraction of sp³-hybridized carbons (Fsp3) is 0.0833. The normalized spacial score (nSPS) is 15.2. The Morgan fingerprint density at radius 3 is 1.79 bits per heavy atom. The SMILES string of the molecule is Cc1ccc(NP2(=O)C=C(c3ccccc3)OC(c3ccccc3)=C2)c(C)c1. The number of aryl methyl sites for hydroxylation is 2. The van der Waals surface area contributed by atoms with Crippen molar-refractivity contribution in [3.05, 3.63) is 113 Å². The van der Waals surface area contributed by atoms with Crippen molar-refractivity contribution in [3.63, 3.8) is 0 Å². The number of hydrogen-bond acceptors (Lipinski definition) is 2. The maximum absolute atomic E-state index is 13.9. The van der Waals surface area contributed by atoms with Crippen molar-refractivity contribution >= 4 is 24.5 Å². The molecular formula is C24H22NO2P. The van der Waals surface area contributed by atoms with E-state index in [4.69, 9.17) is 4.74 Å². The predicted octanol–water partition coefficient (Wildman–Crippen LogP) is 7.02. The molecule has 1 N–H and O–H groups in total. The van der Waals surface area contributed by atoms with Gasteiger partial charge in [0.2, 0.25) is 7.29 Å². The quantitative estimate of drug-likeness (QED) is 0.489. The Bertz CT molecular complexity index is 1040. The van der Waals surface area contributed by atoms with Gasteiger partial charge in [-0.3, -0.25) is 4.57 Å². The average Bonchev–Trinajstić information content (AvgIpc) is 2.71. The lowest BCUT2D eigenvalue weighted by Crippen LogP contribution is -2.04. The van der Waals surface area contributed by atoms with E-state index in [-0.39, 0.29) is 0 Å². The smallest absolute Gasteiger partial charge is 0.220 e. The van der Waals surface area contributed by atoms with Crippen molar-refractivity contribution in [2.75, 3.05) is 5.09 Å². The van der Waals surface area contributed by atoms with Gasteiger partial charge in [-0.15, -0.1) is 0 Å². The summed E-state index contributed by atoms with van der Waals surface area (Å²) in [6.45, 7) is 4.07. The highest BCUT2D eigenvalue weighted by Crippen LogP contribution is 2.56. The molecule has 0 spiro atoms. The zero-order chi connectivity index (χ0) is 19.6. The molecule has 0 aromatic heterocycles. The van der Waals surface area contributed by atoms with Gasteiger partial charge in [0.1, 0.15) is 11.5 Å². The van der Waals surface area contributed by atoms with E-state index >= 15 is 0 Å². The Morgan fingerprint density at radius 2 is 1.29 bits per heavy atom. The van der Waals surface area contributed by atoms with Crippen LogP contribution in [0.3, 0.4) is 0 Å². The molecule has 28 heavy (non-hydrogen) atoms. The van der Waals surface area contributed by atoms with Gasteiger partial charge >= 0.3 is 0 Å². The molecule has 0 unspecified atom stereocenters. The van der Waals surface area contributed by atoms with E-state index in [0.29, 0.717) is 11.5 Å². The lowest BCUT2D eigenvalue weighted by Gasteiger charge is -2.24. The first-order valence-electron chi connectivity index (χ1n) is 9.22. The van der Waals surface area contributed by atoms with Crippen LogP contribution in [0.25, 0.3) is 11.5 Å². The maximum atomic E-state index is 13.9. The van der Waals surface area contributed by atoms with Crippen LogP contribution in [0.1, 0.15) is 22.3 Å². The van der Waals surface area contributed by atoms with Crippen LogP contribution < -0.4 is 5.09 Å². The van der Waals surface area contributed by atoms with E-state index in [9.17, 15) is 4.57 Å².